The van der Waals surface area contributed by atoms with Gasteiger partial charge in [0, 0.05) is 12.1 Å². The maximum Gasteiger partial charge on any atom is 0.251 e. The molecule has 3 rings (SSSR count). The van der Waals surface area contributed by atoms with Gasteiger partial charge in [-0.2, -0.15) is 0 Å². The summed E-state index contributed by atoms with van der Waals surface area (Å²) in [5.74, 6) is 0.277. The molecule has 30 heavy (non-hydrogen) atoms. The van der Waals surface area contributed by atoms with Crippen LogP contribution in [0.4, 0.5) is 0 Å². The fourth-order valence-corrected chi connectivity index (χ4v) is 3.62. The first-order valence-electron chi connectivity index (χ1n) is 10.2. The summed E-state index contributed by atoms with van der Waals surface area (Å²) in [6.07, 6.45) is 2.96. The first kappa shape index (κ1) is 21.4. The summed E-state index contributed by atoms with van der Waals surface area (Å²) in [7, 11) is 0. The van der Waals surface area contributed by atoms with E-state index in [-0.39, 0.29) is 18.4 Å². The molecular formula is C23H27N3O4. The van der Waals surface area contributed by atoms with Crippen molar-refractivity contribution in [2.45, 2.75) is 38.6 Å². The Labute approximate surface area is 176 Å². The van der Waals surface area contributed by atoms with Crippen molar-refractivity contribution in [3.8, 4) is 11.5 Å². The monoisotopic (exact) mass is 409 g/mol. The number of hydrogen-bond donors (Lipinski definition) is 2. The molecule has 3 N–H and O–H groups in total. The Hall–Kier alpha value is -3.35. The predicted octanol–water partition coefficient (Wildman–Crippen LogP) is 2.64. The second-order valence-electron chi connectivity index (χ2n) is 7.32. The Bertz CT molecular complexity index is 914. The minimum Gasteiger partial charge on any atom is -0.457 e. The Kier molecular flexibility index (Phi) is 7.06. The quantitative estimate of drug-likeness (QED) is 0.700. The van der Waals surface area contributed by atoms with Crippen LogP contribution in [0.2, 0.25) is 0 Å². The molecule has 0 saturated carbocycles. The second-order valence-corrected chi connectivity index (χ2v) is 7.32. The Morgan fingerprint density at radius 2 is 1.93 bits per heavy atom. The number of nitrogens with two attached hydrogens (primary N) is 1. The van der Waals surface area contributed by atoms with Gasteiger partial charge in [0.1, 0.15) is 17.5 Å². The van der Waals surface area contributed by atoms with Crippen molar-refractivity contribution < 1.29 is 19.1 Å². The van der Waals surface area contributed by atoms with Crippen LogP contribution in [0.5, 0.6) is 11.5 Å². The molecule has 7 heteroatoms. The summed E-state index contributed by atoms with van der Waals surface area (Å²) in [5.41, 5.74) is 6.74. The third-order valence-electron chi connectivity index (χ3n) is 5.11. The Morgan fingerprint density at radius 3 is 2.63 bits per heavy atom. The minimum atomic E-state index is -0.583. The lowest BCUT2D eigenvalue weighted by atomic mass is 10.0. The van der Waals surface area contributed by atoms with E-state index < -0.39 is 11.9 Å². The van der Waals surface area contributed by atoms with Gasteiger partial charge in [0.2, 0.25) is 11.8 Å². The van der Waals surface area contributed by atoms with Crippen LogP contribution in [0.15, 0.2) is 48.5 Å². The van der Waals surface area contributed by atoms with E-state index in [4.69, 9.17) is 10.5 Å². The SMILES string of the molecule is CCCc1cc(C(=O)NCC(=O)N2CCCC2C(N)=O)ccc1Oc1ccccc1. The number of para-hydroxylation sites is 1. The van der Waals surface area contributed by atoms with Gasteiger partial charge in [-0.05, 0) is 55.2 Å². The standard InChI is InChI=1S/C23H27N3O4/c1-2-7-16-14-17(11-12-20(16)30-18-8-4-3-5-9-18)23(29)25-15-21(27)26-13-6-10-19(26)22(24)28/h3-5,8-9,11-12,14,19H,2,6-7,10,13,15H2,1H3,(H2,24,28)(H,25,29). The molecule has 158 valence electrons. The van der Waals surface area contributed by atoms with Crippen LogP contribution >= 0.6 is 0 Å². The molecule has 0 aliphatic carbocycles. The van der Waals surface area contributed by atoms with Crippen LogP contribution in [0.25, 0.3) is 0 Å². The zero-order valence-electron chi connectivity index (χ0n) is 17.1. The zero-order valence-corrected chi connectivity index (χ0v) is 17.1. The molecule has 3 amide bonds. The summed E-state index contributed by atoms with van der Waals surface area (Å²) in [6.45, 7) is 2.37. The summed E-state index contributed by atoms with van der Waals surface area (Å²) in [5, 5.41) is 2.65. The zero-order chi connectivity index (χ0) is 21.5. The molecular weight excluding hydrogens is 382 g/mol. The molecule has 2 aromatic rings. The van der Waals surface area contributed by atoms with Crippen molar-refractivity contribution in [2.75, 3.05) is 13.1 Å². The Balaban J connectivity index is 1.66. The van der Waals surface area contributed by atoms with Crippen LogP contribution in [0.3, 0.4) is 0 Å². The molecule has 0 bridgehead atoms. The first-order valence-corrected chi connectivity index (χ1v) is 10.2. The Morgan fingerprint density at radius 1 is 1.17 bits per heavy atom. The van der Waals surface area contributed by atoms with Crippen LogP contribution < -0.4 is 15.8 Å². The van der Waals surface area contributed by atoms with E-state index >= 15 is 0 Å². The van der Waals surface area contributed by atoms with Crippen LogP contribution in [-0.2, 0) is 16.0 Å². The molecule has 1 saturated heterocycles. The third kappa shape index (κ3) is 5.17. The van der Waals surface area contributed by atoms with E-state index in [1.165, 1.54) is 4.90 Å². The highest BCUT2D eigenvalue weighted by atomic mass is 16.5. The lowest BCUT2D eigenvalue weighted by Crippen LogP contribution is -2.47. The summed E-state index contributed by atoms with van der Waals surface area (Å²) in [4.78, 5) is 37.9. The van der Waals surface area contributed by atoms with E-state index in [0.29, 0.717) is 24.3 Å². The molecule has 2 aromatic carbocycles. The fourth-order valence-electron chi connectivity index (χ4n) is 3.62. The maximum absolute atomic E-state index is 12.6. The average molecular weight is 409 g/mol. The minimum absolute atomic E-state index is 0.173. The molecule has 1 fully saturated rings. The molecule has 7 nitrogen and oxygen atoms in total. The number of rotatable bonds is 8. The van der Waals surface area contributed by atoms with Gasteiger partial charge in [0.05, 0.1) is 6.54 Å². The summed E-state index contributed by atoms with van der Waals surface area (Å²) >= 11 is 0. The number of hydrogen-bond acceptors (Lipinski definition) is 4. The van der Waals surface area contributed by atoms with Crippen molar-refractivity contribution in [3.05, 3.63) is 59.7 Å². The van der Waals surface area contributed by atoms with Crippen LogP contribution in [-0.4, -0.2) is 41.8 Å². The number of likely N-dealkylation sites (tertiary alicyclic amines) is 1. The topological polar surface area (TPSA) is 102 Å². The highest BCUT2D eigenvalue weighted by molar-refractivity contribution is 5.97. The molecule has 1 atom stereocenters. The number of nitrogens with zero attached hydrogens (tertiary/aromatic N) is 1. The molecule has 1 aliphatic rings. The van der Waals surface area contributed by atoms with Gasteiger partial charge in [-0.3, -0.25) is 14.4 Å². The van der Waals surface area contributed by atoms with E-state index in [0.717, 1.165) is 30.6 Å². The van der Waals surface area contributed by atoms with Crippen molar-refractivity contribution in [2.24, 2.45) is 5.73 Å². The molecule has 0 spiro atoms. The van der Waals surface area contributed by atoms with Gasteiger partial charge >= 0.3 is 0 Å². The highest BCUT2D eigenvalue weighted by Gasteiger charge is 2.32. The van der Waals surface area contributed by atoms with Gasteiger partial charge in [-0.25, -0.2) is 0 Å². The number of primary amides is 1. The van der Waals surface area contributed by atoms with Crippen LogP contribution in [0.1, 0.15) is 42.1 Å². The number of carbonyl (C=O) groups excluding carboxylic acids is 3. The average Bonchev–Trinajstić information content (AvgIpc) is 3.24. The fraction of sp³-hybridized carbons (Fsp3) is 0.348. The molecule has 1 aliphatic heterocycles. The van der Waals surface area contributed by atoms with Crippen molar-refractivity contribution in [3.63, 3.8) is 0 Å². The number of benzene rings is 2. The smallest absolute Gasteiger partial charge is 0.251 e. The highest BCUT2D eigenvalue weighted by Crippen LogP contribution is 2.27. The second kappa shape index (κ2) is 9.91. The number of carbonyl (C=O) groups is 3. The number of ether oxygens (including phenoxy) is 1. The maximum atomic E-state index is 12.6. The van der Waals surface area contributed by atoms with Crippen molar-refractivity contribution in [1.29, 1.82) is 0 Å². The predicted molar refractivity (Wildman–Crippen MR) is 113 cm³/mol. The van der Waals surface area contributed by atoms with Gasteiger partial charge < -0.3 is 20.7 Å². The first-order chi connectivity index (χ1) is 14.5. The van der Waals surface area contributed by atoms with Crippen molar-refractivity contribution >= 4 is 17.7 Å². The number of amides is 3. The lowest BCUT2D eigenvalue weighted by molar-refractivity contribution is -0.136. The van der Waals surface area contributed by atoms with Crippen molar-refractivity contribution in [1.82, 2.24) is 10.2 Å². The van der Waals surface area contributed by atoms with E-state index in [1.54, 1.807) is 18.2 Å². The largest absolute Gasteiger partial charge is 0.457 e. The summed E-state index contributed by atoms with van der Waals surface area (Å²) in [6, 6.07) is 14.1. The van der Waals surface area contributed by atoms with E-state index in [1.807, 2.05) is 30.3 Å². The normalized spacial score (nSPS) is 15.6. The van der Waals surface area contributed by atoms with Gasteiger partial charge in [0.25, 0.3) is 5.91 Å². The lowest BCUT2D eigenvalue weighted by Gasteiger charge is -2.22. The van der Waals surface area contributed by atoms with Gasteiger partial charge in [0.15, 0.2) is 0 Å². The van der Waals surface area contributed by atoms with Gasteiger partial charge in [-0.1, -0.05) is 31.5 Å². The summed E-state index contributed by atoms with van der Waals surface area (Å²) < 4.78 is 5.96. The third-order valence-corrected chi connectivity index (χ3v) is 5.11. The number of aryl methyl sites for hydroxylation is 1. The molecule has 1 heterocycles. The number of nitrogens with one attached hydrogen (secondary N) is 1. The molecule has 0 aromatic heterocycles. The van der Waals surface area contributed by atoms with Crippen LogP contribution in [0, 0.1) is 0 Å². The van der Waals surface area contributed by atoms with Gasteiger partial charge in [-0.15, -0.1) is 0 Å². The van der Waals surface area contributed by atoms with E-state index in [9.17, 15) is 14.4 Å². The van der Waals surface area contributed by atoms with E-state index in [2.05, 4.69) is 12.2 Å². The molecule has 1 unspecified atom stereocenters. The molecule has 0 radical (unpaired) electrons.